The van der Waals surface area contributed by atoms with Crippen LogP contribution in [0.1, 0.15) is 35.1 Å². The summed E-state index contributed by atoms with van der Waals surface area (Å²) in [5, 5.41) is 3.01. The first-order valence-corrected chi connectivity index (χ1v) is 10.9. The van der Waals surface area contributed by atoms with Gasteiger partial charge in [-0.05, 0) is 49.9 Å². The van der Waals surface area contributed by atoms with Crippen LogP contribution in [0.25, 0.3) is 0 Å². The van der Waals surface area contributed by atoms with Crippen LogP contribution in [0.15, 0.2) is 51.8 Å². The summed E-state index contributed by atoms with van der Waals surface area (Å²) in [5.41, 5.74) is 3.99. The number of carbonyl (C=O) groups is 1. The molecule has 1 atom stereocenters. The van der Waals surface area contributed by atoms with Crippen LogP contribution in [0.2, 0.25) is 0 Å². The van der Waals surface area contributed by atoms with Crippen molar-refractivity contribution in [1.82, 2.24) is 10.2 Å². The van der Waals surface area contributed by atoms with E-state index in [1.165, 1.54) is 5.56 Å². The SMILES string of the molecule is Cc1ccc(CNC(=O)[C@@H]2CCCN2C2=NS(=O)(=O)c3ccccc32)c(C)c1. The van der Waals surface area contributed by atoms with Gasteiger partial charge in [0.1, 0.15) is 10.9 Å². The maximum absolute atomic E-state index is 12.9. The van der Waals surface area contributed by atoms with E-state index in [1.807, 2.05) is 30.9 Å². The molecule has 28 heavy (non-hydrogen) atoms. The number of amidine groups is 1. The number of amides is 1. The fourth-order valence-electron chi connectivity index (χ4n) is 3.93. The number of nitrogens with zero attached hydrogens (tertiary/aromatic N) is 2. The van der Waals surface area contributed by atoms with E-state index in [1.54, 1.807) is 24.3 Å². The van der Waals surface area contributed by atoms with Crippen LogP contribution in [0.3, 0.4) is 0 Å². The summed E-state index contributed by atoms with van der Waals surface area (Å²) < 4.78 is 28.7. The molecule has 0 radical (unpaired) electrons. The number of carbonyl (C=O) groups excluding carboxylic acids is 1. The minimum Gasteiger partial charge on any atom is -0.350 e. The second-order valence-corrected chi connectivity index (χ2v) is 8.96. The van der Waals surface area contributed by atoms with Gasteiger partial charge in [-0.2, -0.15) is 8.42 Å². The Kier molecular flexibility index (Phi) is 4.71. The first kappa shape index (κ1) is 18.7. The highest BCUT2D eigenvalue weighted by molar-refractivity contribution is 7.90. The number of sulfonamides is 1. The Morgan fingerprint density at radius 1 is 1.21 bits per heavy atom. The van der Waals surface area contributed by atoms with E-state index in [-0.39, 0.29) is 10.8 Å². The summed E-state index contributed by atoms with van der Waals surface area (Å²) in [5.74, 6) is 0.293. The van der Waals surface area contributed by atoms with Crippen molar-refractivity contribution in [1.29, 1.82) is 0 Å². The molecule has 0 bridgehead atoms. The number of hydrogen-bond acceptors (Lipinski definition) is 4. The third-order valence-corrected chi connectivity index (χ3v) is 6.72. The van der Waals surface area contributed by atoms with E-state index >= 15 is 0 Å². The van der Waals surface area contributed by atoms with Crippen molar-refractivity contribution < 1.29 is 13.2 Å². The van der Waals surface area contributed by atoms with E-state index < -0.39 is 16.1 Å². The lowest BCUT2D eigenvalue weighted by Crippen LogP contribution is -2.45. The van der Waals surface area contributed by atoms with Crippen LogP contribution in [0.5, 0.6) is 0 Å². The van der Waals surface area contributed by atoms with Gasteiger partial charge in [0.2, 0.25) is 5.91 Å². The Morgan fingerprint density at radius 2 is 2.00 bits per heavy atom. The largest absolute Gasteiger partial charge is 0.350 e. The molecule has 0 saturated carbocycles. The fourth-order valence-corrected chi connectivity index (χ4v) is 5.15. The average Bonchev–Trinajstić information content (AvgIpc) is 3.24. The third kappa shape index (κ3) is 3.30. The van der Waals surface area contributed by atoms with Gasteiger partial charge in [-0.15, -0.1) is 4.40 Å². The van der Waals surface area contributed by atoms with E-state index in [0.717, 1.165) is 17.5 Å². The zero-order chi connectivity index (χ0) is 19.9. The minimum absolute atomic E-state index is 0.0954. The molecule has 2 aliphatic rings. The quantitative estimate of drug-likeness (QED) is 0.863. The molecule has 2 aromatic carbocycles. The van der Waals surface area contributed by atoms with Crippen molar-refractivity contribution in [2.75, 3.05) is 6.54 Å². The molecule has 2 aromatic rings. The molecule has 0 unspecified atom stereocenters. The molecular weight excluding hydrogens is 374 g/mol. The molecule has 7 heteroatoms. The highest BCUT2D eigenvalue weighted by Crippen LogP contribution is 2.31. The van der Waals surface area contributed by atoms with Gasteiger partial charge in [0.15, 0.2) is 5.84 Å². The highest BCUT2D eigenvalue weighted by Gasteiger charge is 2.39. The van der Waals surface area contributed by atoms with Crippen LogP contribution in [0, 0.1) is 13.8 Å². The van der Waals surface area contributed by atoms with E-state index in [2.05, 4.69) is 15.8 Å². The Morgan fingerprint density at radius 3 is 2.79 bits per heavy atom. The predicted molar refractivity (Wildman–Crippen MR) is 108 cm³/mol. The van der Waals surface area contributed by atoms with Crippen LogP contribution >= 0.6 is 0 Å². The predicted octanol–water partition coefficient (Wildman–Crippen LogP) is 2.53. The molecule has 1 N–H and O–H groups in total. The molecule has 0 aromatic heterocycles. The number of benzene rings is 2. The van der Waals surface area contributed by atoms with Gasteiger partial charge in [-0.25, -0.2) is 0 Å². The molecule has 2 aliphatic heterocycles. The van der Waals surface area contributed by atoms with Gasteiger partial charge in [0.05, 0.1) is 0 Å². The van der Waals surface area contributed by atoms with E-state index in [4.69, 9.17) is 0 Å². The lowest BCUT2D eigenvalue weighted by atomic mass is 10.1. The Labute approximate surface area is 165 Å². The van der Waals surface area contributed by atoms with Crippen molar-refractivity contribution in [2.24, 2.45) is 4.40 Å². The average molecular weight is 398 g/mol. The van der Waals surface area contributed by atoms with Crippen LogP contribution < -0.4 is 5.32 Å². The zero-order valence-corrected chi connectivity index (χ0v) is 16.8. The second-order valence-electron chi connectivity index (χ2n) is 7.39. The monoisotopic (exact) mass is 397 g/mol. The Balaban J connectivity index is 1.53. The molecule has 1 fully saturated rings. The van der Waals surface area contributed by atoms with Gasteiger partial charge >= 0.3 is 0 Å². The summed E-state index contributed by atoms with van der Waals surface area (Å²) in [6.07, 6.45) is 1.50. The first-order chi connectivity index (χ1) is 13.4. The fraction of sp³-hybridized carbons (Fsp3) is 0.333. The molecule has 2 heterocycles. The maximum Gasteiger partial charge on any atom is 0.285 e. The smallest absolute Gasteiger partial charge is 0.285 e. The Hall–Kier alpha value is -2.67. The number of nitrogens with one attached hydrogen (secondary N) is 1. The van der Waals surface area contributed by atoms with E-state index in [0.29, 0.717) is 30.9 Å². The number of likely N-dealkylation sites (tertiary alicyclic amines) is 1. The second kappa shape index (κ2) is 7.05. The molecule has 146 valence electrons. The van der Waals surface area contributed by atoms with Crippen molar-refractivity contribution in [3.05, 3.63) is 64.7 Å². The summed E-state index contributed by atoms with van der Waals surface area (Å²) in [6, 6.07) is 12.5. The van der Waals surface area contributed by atoms with Gasteiger partial charge in [0.25, 0.3) is 10.0 Å². The number of hydrogen-bond donors (Lipinski definition) is 1. The molecule has 6 nitrogen and oxygen atoms in total. The maximum atomic E-state index is 12.9. The molecule has 0 spiro atoms. The normalized spacial score (nSPS) is 20.0. The van der Waals surface area contributed by atoms with Gasteiger partial charge in [-0.1, -0.05) is 35.9 Å². The molecular formula is C21H23N3O3S. The highest BCUT2D eigenvalue weighted by atomic mass is 32.2. The number of aryl methyl sites for hydroxylation is 2. The van der Waals surface area contributed by atoms with Crippen LogP contribution in [0.4, 0.5) is 0 Å². The lowest BCUT2D eigenvalue weighted by molar-refractivity contribution is -0.124. The first-order valence-electron chi connectivity index (χ1n) is 9.42. The van der Waals surface area contributed by atoms with Crippen molar-refractivity contribution in [3.63, 3.8) is 0 Å². The lowest BCUT2D eigenvalue weighted by Gasteiger charge is -2.25. The number of rotatable bonds is 3. The Bertz CT molecular complexity index is 1080. The zero-order valence-electron chi connectivity index (χ0n) is 16.0. The third-order valence-electron chi connectivity index (χ3n) is 5.39. The molecule has 0 aliphatic carbocycles. The topological polar surface area (TPSA) is 78.8 Å². The van der Waals surface area contributed by atoms with Crippen molar-refractivity contribution in [3.8, 4) is 0 Å². The van der Waals surface area contributed by atoms with Crippen LogP contribution in [-0.2, 0) is 21.4 Å². The van der Waals surface area contributed by atoms with Gasteiger partial charge < -0.3 is 10.2 Å². The van der Waals surface area contributed by atoms with Crippen molar-refractivity contribution in [2.45, 2.75) is 44.2 Å². The summed E-state index contributed by atoms with van der Waals surface area (Å²) in [6.45, 7) is 5.15. The van der Waals surface area contributed by atoms with Gasteiger partial charge in [-0.3, -0.25) is 4.79 Å². The summed E-state index contributed by atoms with van der Waals surface area (Å²) >= 11 is 0. The number of fused-ring (bicyclic) bond motifs is 1. The summed E-state index contributed by atoms with van der Waals surface area (Å²) in [7, 11) is -3.69. The molecule has 4 rings (SSSR count). The van der Waals surface area contributed by atoms with Crippen molar-refractivity contribution >= 4 is 21.8 Å². The minimum atomic E-state index is -3.69. The summed E-state index contributed by atoms with van der Waals surface area (Å²) in [4.78, 5) is 14.9. The molecule has 1 saturated heterocycles. The van der Waals surface area contributed by atoms with Crippen LogP contribution in [-0.4, -0.2) is 37.6 Å². The standard InChI is InChI=1S/C21H23N3O3S/c1-14-9-10-16(15(2)12-14)13-22-21(25)18-7-5-11-24(18)20-17-6-3-4-8-19(17)28(26,27)23-20/h3-4,6,8-10,12,18H,5,7,11,13H2,1-2H3,(H,22,25)/t18-/m0/s1. The molecule has 1 amide bonds. The van der Waals surface area contributed by atoms with E-state index in [9.17, 15) is 13.2 Å². The van der Waals surface area contributed by atoms with Gasteiger partial charge in [0, 0.05) is 18.7 Å².